The molecule has 114 valence electrons. The molecule has 3 amide bonds. The number of nitrogens with one attached hydrogen (secondary N) is 2. The number of rotatable bonds is 10. The largest absolute Gasteiger partial charge is 0.480 e. The van der Waals surface area contributed by atoms with Crippen molar-refractivity contribution < 1.29 is 29.9 Å². The van der Waals surface area contributed by atoms with Crippen LogP contribution in [0.2, 0.25) is 5.65 Å². The van der Waals surface area contributed by atoms with Crippen LogP contribution in [-0.2, 0) is 19.2 Å². The van der Waals surface area contributed by atoms with E-state index in [1.54, 1.807) is 0 Å². The Morgan fingerprint density at radius 1 is 1.35 bits per heavy atom. The molecule has 0 aromatic carbocycles. The molecule has 0 saturated heterocycles. The number of hydrogen-bond acceptors (Lipinski definition) is 6. The molecule has 0 heterocycles. The highest BCUT2D eigenvalue weighted by Crippen LogP contribution is 1.96. The number of aliphatic carboxylic acids is 1. The van der Waals surface area contributed by atoms with Crippen molar-refractivity contribution in [2.24, 2.45) is 11.5 Å². The summed E-state index contributed by atoms with van der Waals surface area (Å²) in [5.41, 5.74) is 4.91. The summed E-state index contributed by atoms with van der Waals surface area (Å²) in [4.78, 5) is 45.4. The van der Waals surface area contributed by atoms with E-state index in [9.17, 15) is 19.2 Å². The molecule has 0 rings (SSSR count). The van der Waals surface area contributed by atoms with E-state index in [2.05, 4.69) is 12.6 Å². The fourth-order valence-corrected chi connectivity index (χ4v) is 1.30. The molecule has 0 aliphatic heterocycles. The monoisotopic (exact) mass is 310 g/mol. The van der Waals surface area contributed by atoms with Crippen molar-refractivity contribution in [1.82, 2.24) is 10.6 Å². The van der Waals surface area contributed by atoms with Crippen LogP contribution in [0.4, 0.5) is 0 Å². The fourth-order valence-electron chi connectivity index (χ4n) is 1.07. The van der Waals surface area contributed by atoms with Gasteiger partial charge in [0.25, 0.3) is 0 Å². The second-order valence-electron chi connectivity index (χ2n) is 3.73. The Kier molecular flexibility index (Phi) is 5.48. The van der Waals surface area contributed by atoms with Crippen LogP contribution in [-0.4, -0.2) is 53.2 Å². The summed E-state index contributed by atoms with van der Waals surface area (Å²) in [5, 5.41) is 8.75. The van der Waals surface area contributed by atoms with E-state index in [1.807, 2.05) is 0 Å². The fraction of sp³-hybridized carbons (Fsp3) is 0.600. The van der Waals surface area contributed by atoms with Crippen molar-refractivity contribution in [3.63, 3.8) is 0 Å². The highest BCUT2D eigenvalue weighted by Gasteiger charge is 2.23. The maximum absolute atomic E-state index is 12.2. The number of carbonyl (C=O) groups is 4. The molecule has 0 aromatic heterocycles. The molecular weight excluding hydrogens is 288 g/mol. The highest BCUT2D eigenvalue weighted by molar-refractivity contribution is 7.80. The molecule has 2 atom stereocenters. The molecule has 0 spiro atoms. The van der Waals surface area contributed by atoms with Gasteiger partial charge >= 0.3 is 5.97 Å². The molecule has 9 nitrogen and oxygen atoms in total. The lowest BCUT2D eigenvalue weighted by molar-refractivity contribution is -0.138. The molecule has 0 radical (unpaired) electrons. The average molecular weight is 310 g/mol. The van der Waals surface area contributed by atoms with Crippen LogP contribution in [0, 0.1) is 0 Å². The number of hydrogen-bond donors (Lipinski definition) is 6. The van der Waals surface area contributed by atoms with Gasteiger partial charge in [-0.2, -0.15) is 12.6 Å². The van der Waals surface area contributed by atoms with Crippen molar-refractivity contribution in [2.75, 3.05) is 12.3 Å². The third kappa shape index (κ3) is 7.59. The lowest BCUT2D eigenvalue weighted by atomic mass is 10.1. The van der Waals surface area contributed by atoms with Gasteiger partial charge in [-0.05, 0) is 6.42 Å². The van der Waals surface area contributed by atoms with Gasteiger partial charge in [-0.1, -0.05) is 0 Å². The van der Waals surface area contributed by atoms with Gasteiger partial charge in [-0.15, -0.1) is 0 Å². The SMILES string of the molecule is [2H]N(CC(=O)O)C(=O)[C@H](CS)N([2H])C(=O)[C@H](CCC(N)=O)N([2H])[2H]. The summed E-state index contributed by atoms with van der Waals surface area (Å²) in [6, 6.07) is -3.13. The quantitative estimate of drug-likeness (QED) is 0.238. The van der Waals surface area contributed by atoms with Crippen LogP contribution >= 0.6 is 12.6 Å². The van der Waals surface area contributed by atoms with Gasteiger partial charge in [-0.25, -0.2) is 0 Å². The molecule has 10 heteroatoms. The first-order valence-electron chi connectivity index (χ1n) is 7.31. The first-order valence-corrected chi connectivity index (χ1v) is 6.16. The van der Waals surface area contributed by atoms with Crippen LogP contribution < -0.4 is 22.1 Å². The molecule has 0 aliphatic carbocycles. The van der Waals surface area contributed by atoms with E-state index in [0.717, 1.165) is 0 Å². The lowest BCUT2D eigenvalue weighted by Gasteiger charge is -2.18. The first-order chi connectivity index (χ1) is 11.0. The Morgan fingerprint density at radius 3 is 2.45 bits per heavy atom. The second kappa shape index (κ2) is 9.15. The van der Waals surface area contributed by atoms with E-state index < -0.39 is 42.3 Å². The molecule has 0 aliphatic rings. The van der Waals surface area contributed by atoms with Crippen LogP contribution in [0.25, 0.3) is 0 Å². The highest BCUT2D eigenvalue weighted by atomic mass is 32.1. The third-order valence-electron chi connectivity index (χ3n) is 2.06. The zero-order chi connectivity index (χ0) is 19.0. The van der Waals surface area contributed by atoms with Gasteiger partial charge in [0.05, 0.1) is 6.04 Å². The average Bonchev–Trinajstić information content (AvgIpc) is 2.46. The van der Waals surface area contributed by atoms with Crippen LogP contribution in [0.1, 0.15) is 12.8 Å². The zero-order valence-electron chi connectivity index (χ0n) is 14.4. The van der Waals surface area contributed by atoms with E-state index in [-0.39, 0.29) is 34.9 Å². The van der Waals surface area contributed by atoms with Gasteiger partial charge in [0.15, 0.2) is 2.82 Å². The third-order valence-corrected chi connectivity index (χ3v) is 2.41. The molecule has 20 heavy (non-hydrogen) atoms. The van der Waals surface area contributed by atoms with E-state index in [1.165, 1.54) is 0 Å². The van der Waals surface area contributed by atoms with Crippen molar-refractivity contribution in [1.29, 1.82) is 0 Å². The molecule has 0 unspecified atom stereocenters. The molecule has 0 aromatic rings. The zero-order valence-corrected chi connectivity index (χ0v) is 11.3. The summed E-state index contributed by atoms with van der Waals surface area (Å²) in [5.74, 6) is -4.93. The topological polar surface area (TPSA) is 165 Å². The van der Waals surface area contributed by atoms with Crippen LogP contribution in [0.15, 0.2) is 0 Å². The van der Waals surface area contributed by atoms with Crippen molar-refractivity contribution in [3.8, 4) is 0 Å². The predicted molar refractivity (Wildman–Crippen MR) is 72.8 cm³/mol. The summed E-state index contributed by atoms with van der Waals surface area (Å²) in [6.45, 7) is -0.959. The molecule has 0 saturated carbocycles. The van der Waals surface area contributed by atoms with Gasteiger partial charge in [0, 0.05) is 12.2 Å². The molecule has 0 fully saturated rings. The van der Waals surface area contributed by atoms with Crippen LogP contribution in [0.3, 0.4) is 0 Å². The maximum Gasteiger partial charge on any atom is 0.322 e. The predicted octanol–water partition coefficient (Wildman–Crippen LogP) is -2.81. The number of nitrogens with two attached hydrogens (primary N) is 2. The Morgan fingerprint density at radius 2 is 2.00 bits per heavy atom. The first kappa shape index (κ1) is 12.0. The van der Waals surface area contributed by atoms with Crippen molar-refractivity contribution >= 4 is 36.3 Å². The summed E-state index contributed by atoms with van der Waals surface area (Å²) < 4.78 is 29.4. The summed E-state index contributed by atoms with van der Waals surface area (Å²) >= 11 is 3.81. The Labute approximate surface area is 126 Å². The summed E-state index contributed by atoms with van der Waals surface area (Å²) in [6.07, 6.45) is -0.634. The molecule has 0 bridgehead atoms. The molecule has 7 N–H and O–H groups in total. The number of carboxylic acid groups (broad SMARTS) is 1. The minimum absolute atomic E-state index is 0.0252. The van der Waals surface area contributed by atoms with E-state index in [4.69, 9.17) is 16.5 Å². The van der Waals surface area contributed by atoms with Gasteiger partial charge < -0.3 is 27.2 Å². The smallest absolute Gasteiger partial charge is 0.322 e. The standard InChI is InChI=1S/C10H18N4O5S/c11-5(1-2-7(12)15)9(18)14-6(4-20)10(19)13-3-8(16)17/h5-6,20H,1-4,11H2,(H2,12,15)(H,13,19)(H,14,18)(H,16,17)/t5-,6-/m0/s1/i/hD4. The normalized spacial score (nSPS) is 16.1. The van der Waals surface area contributed by atoms with Crippen molar-refractivity contribution in [2.45, 2.75) is 24.9 Å². The lowest BCUT2D eigenvalue weighted by Crippen LogP contribution is -2.53. The van der Waals surface area contributed by atoms with Crippen molar-refractivity contribution in [3.05, 3.63) is 0 Å². The summed E-state index contributed by atoms with van der Waals surface area (Å²) in [7, 11) is 0. The van der Waals surface area contributed by atoms with E-state index in [0.29, 0.717) is 0 Å². The number of carboxylic acids is 1. The Bertz CT molecular complexity index is 498. The Hall–Kier alpha value is -1.81. The number of amides is 3. The minimum atomic E-state index is -1.59. The van der Waals surface area contributed by atoms with Gasteiger partial charge in [-0.3, -0.25) is 19.2 Å². The number of thiol groups is 1. The van der Waals surface area contributed by atoms with Crippen LogP contribution in [0.5, 0.6) is 0 Å². The maximum atomic E-state index is 12.2. The Balaban J connectivity index is 5.17. The minimum Gasteiger partial charge on any atom is -0.480 e. The number of primary amides is 1. The molecular formula is C10H18N4O5S. The second-order valence-corrected chi connectivity index (χ2v) is 4.10. The van der Waals surface area contributed by atoms with Gasteiger partial charge in [0.1, 0.15) is 15.4 Å². The number of carbonyl (C=O) groups excluding carboxylic acids is 3. The van der Waals surface area contributed by atoms with E-state index >= 15 is 0 Å². The van der Waals surface area contributed by atoms with Gasteiger partial charge in [0.2, 0.25) is 17.7 Å².